The van der Waals surface area contributed by atoms with Crippen molar-refractivity contribution >= 4 is 30.9 Å². The summed E-state index contributed by atoms with van der Waals surface area (Å²) in [5.41, 5.74) is 0.159. The Morgan fingerprint density at radius 1 is 0.864 bits per heavy atom. The fourth-order valence-corrected chi connectivity index (χ4v) is 4.32. The molecule has 0 rings (SSSR count). The van der Waals surface area contributed by atoms with E-state index in [1.807, 2.05) is 58.9 Å². The molecule has 5 nitrogen and oxygen atoms in total. The van der Waals surface area contributed by atoms with Crippen molar-refractivity contribution in [3.05, 3.63) is 12.1 Å². The van der Waals surface area contributed by atoms with Crippen LogP contribution in [0.3, 0.4) is 0 Å². The second-order valence-electron chi connectivity index (χ2n) is 8.22. The van der Waals surface area contributed by atoms with Crippen molar-refractivity contribution < 1.29 is 24.2 Å². The summed E-state index contributed by atoms with van der Waals surface area (Å²) in [6.07, 6.45) is -1.83. The van der Waals surface area contributed by atoms with Crippen molar-refractivity contribution in [2.24, 2.45) is 0 Å². The van der Waals surface area contributed by atoms with Gasteiger partial charge in [0.25, 0.3) is 0 Å². The van der Waals surface area contributed by atoms with E-state index in [0.717, 1.165) is 6.55 Å². The van der Waals surface area contributed by atoms with Crippen LogP contribution in [0.4, 0.5) is 0 Å². The Labute approximate surface area is 139 Å². The molecule has 0 fully saturated rings. The molecule has 0 aliphatic carbocycles. The predicted molar refractivity (Wildman–Crippen MR) is 96.9 cm³/mol. The Balaban J connectivity index is 5.86. The van der Waals surface area contributed by atoms with Crippen LogP contribution in [0.1, 0.15) is 8.29 Å². The predicted octanol–water partition coefficient (Wildman–Crippen LogP) is 4.27. The summed E-state index contributed by atoms with van der Waals surface area (Å²) < 4.78 is 31.0. The number of hydrogen-bond acceptors (Lipinski definition) is 5. The Bertz CT molecular complexity index is 406. The quantitative estimate of drug-likeness (QED) is 0.278. The van der Waals surface area contributed by atoms with Gasteiger partial charge in [-0.3, -0.25) is 0 Å². The molecule has 8 heteroatoms. The van der Waals surface area contributed by atoms with E-state index in [1.165, 1.54) is 6.92 Å². The van der Waals surface area contributed by atoms with E-state index in [-0.39, 0.29) is 5.57 Å². The summed E-state index contributed by atoms with van der Waals surface area (Å²) in [7, 11) is -6.46. The lowest BCUT2D eigenvalue weighted by atomic mass is 10.4. The van der Waals surface area contributed by atoms with Crippen LogP contribution in [0.2, 0.25) is 58.9 Å². The molecular formula is C14H32O5Si3. The van der Waals surface area contributed by atoms with Crippen LogP contribution in [0.25, 0.3) is 0 Å². The molecular weight excluding hydrogens is 332 g/mol. The van der Waals surface area contributed by atoms with Gasteiger partial charge in [-0.15, -0.1) is 0 Å². The van der Waals surface area contributed by atoms with E-state index in [9.17, 15) is 4.79 Å². The molecule has 0 saturated heterocycles. The minimum Gasteiger partial charge on any atom is -0.382 e. The molecule has 0 aromatic rings. The molecule has 0 aromatic heterocycles. The third kappa shape index (κ3) is 9.70. The fourth-order valence-electron chi connectivity index (χ4n) is 1.44. The van der Waals surface area contributed by atoms with Crippen molar-refractivity contribution in [1.82, 2.24) is 0 Å². The first-order valence-corrected chi connectivity index (χ1v) is 17.6. The molecule has 22 heavy (non-hydrogen) atoms. The van der Waals surface area contributed by atoms with Gasteiger partial charge in [-0.05, 0) is 65.8 Å². The first-order valence-electron chi connectivity index (χ1n) is 7.95. The molecule has 0 radical (unpaired) electrons. The molecule has 0 N–H and O–H groups in total. The van der Waals surface area contributed by atoms with Crippen LogP contribution < -0.4 is 0 Å². The lowest BCUT2D eigenvalue weighted by molar-refractivity contribution is -0.399. The van der Waals surface area contributed by atoms with E-state index in [2.05, 4.69) is 0 Å². The highest BCUT2D eigenvalue weighted by atomic mass is 28.4. The molecule has 0 heterocycles. The van der Waals surface area contributed by atoms with Crippen molar-refractivity contribution in [2.45, 2.75) is 72.0 Å². The summed E-state index contributed by atoms with van der Waals surface area (Å²) in [5.74, 6) is -0.672. The van der Waals surface area contributed by atoms with Crippen LogP contribution >= 0.6 is 0 Å². The monoisotopic (exact) mass is 365 g/mol. The summed E-state index contributed by atoms with van der Waals surface area (Å²) in [4.78, 5) is 12.2. The minimum atomic E-state index is -2.15. The fraction of sp³-hybridized carbons (Fsp3) is 0.786. The molecule has 0 saturated carbocycles. The van der Waals surface area contributed by atoms with Gasteiger partial charge >= 0.3 is 12.1 Å². The zero-order valence-electron chi connectivity index (χ0n) is 16.6. The van der Waals surface area contributed by atoms with E-state index in [4.69, 9.17) is 19.4 Å². The lowest BCUT2D eigenvalue weighted by Gasteiger charge is -2.42. The number of carbonyl (C=O) groups is 1. The standard InChI is InChI=1S/C14H32O5Si3/c1-12(2)13(15)16-14(17-20(3,4)5,18-21(6,7)8)19-22(9,10)11/h1H2,2-11H3/i1D. The van der Waals surface area contributed by atoms with Gasteiger partial charge in [0.1, 0.15) is 0 Å². The minimum absolute atomic E-state index is 0.159. The topological polar surface area (TPSA) is 54.0 Å². The maximum Gasteiger partial charge on any atom is 0.433 e. The highest BCUT2D eigenvalue weighted by Gasteiger charge is 2.49. The first kappa shape index (κ1) is 19.8. The zero-order valence-corrected chi connectivity index (χ0v) is 18.6. The smallest absolute Gasteiger partial charge is 0.382 e. The van der Waals surface area contributed by atoms with E-state index >= 15 is 0 Å². The van der Waals surface area contributed by atoms with Crippen LogP contribution in [0.5, 0.6) is 0 Å². The number of ether oxygens (including phenoxy) is 1. The molecule has 130 valence electrons. The van der Waals surface area contributed by atoms with Crippen molar-refractivity contribution in [3.8, 4) is 0 Å². The van der Waals surface area contributed by atoms with Crippen LogP contribution in [0.15, 0.2) is 12.1 Å². The molecule has 0 spiro atoms. The second-order valence-corrected chi connectivity index (χ2v) is 21.5. The van der Waals surface area contributed by atoms with E-state index in [0.29, 0.717) is 0 Å². The highest BCUT2D eigenvalue weighted by Crippen LogP contribution is 2.31. The maximum absolute atomic E-state index is 12.2. The average molecular weight is 366 g/mol. The highest BCUT2D eigenvalue weighted by molar-refractivity contribution is 6.72. The molecule has 0 bridgehead atoms. The second kappa shape index (κ2) is 7.10. The molecule has 0 aliphatic rings. The van der Waals surface area contributed by atoms with Gasteiger partial charge in [-0.2, -0.15) is 0 Å². The van der Waals surface area contributed by atoms with E-state index < -0.39 is 37.1 Å². The molecule has 0 unspecified atom stereocenters. The third-order valence-corrected chi connectivity index (χ3v) is 4.42. The average Bonchev–Trinajstić information content (AvgIpc) is 2.19. The molecule has 0 aromatic carbocycles. The van der Waals surface area contributed by atoms with Gasteiger partial charge in [-0.25, -0.2) is 4.79 Å². The third-order valence-electron chi connectivity index (χ3n) is 1.83. The Morgan fingerprint density at radius 2 is 1.18 bits per heavy atom. The molecule has 0 atom stereocenters. The van der Waals surface area contributed by atoms with Gasteiger partial charge in [-0.1, -0.05) is 6.55 Å². The van der Waals surface area contributed by atoms with Gasteiger partial charge in [0.05, 0.1) is 1.37 Å². The van der Waals surface area contributed by atoms with Gasteiger partial charge < -0.3 is 18.0 Å². The number of esters is 1. The Kier molecular flexibility index (Phi) is 6.39. The van der Waals surface area contributed by atoms with Crippen molar-refractivity contribution in [1.29, 1.82) is 0 Å². The van der Waals surface area contributed by atoms with Gasteiger partial charge in [0.2, 0.25) is 0 Å². The largest absolute Gasteiger partial charge is 0.433 e. The van der Waals surface area contributed by atoms with E-state index in [1.54, 1.807) is 0 Å². The number of carbonyl (C=O) groups excluding carboxylic acids is 1. The van der Waals surface area contributed by atoms with Crippen molar-refractivity contribution in [3.63, 3.8) is 0 Å². The van der Waals surface area contributed by atoms with Gasteiger partial charge in [0, 0.05) is 5.57 Å². The summed E-state index contributed by atoms with van der Waals surface area (Å²) in [6, 6.07) is 0. The molecule has 0 amide bonds. The number of rotatable bonds is 8. The zero-order chi connectivity index (χ0) is 18.7. The Morgan fingerprint density at radius 3 is 1.41 bits per heavy atom. The first-order chi connectivity index (χ1) is 9.99. The lowest BCUT2D eigenvalue weighted by Crippen LogP contribution is -2.58. The maximum atomic E-state index is 12.2. The summed E-state index contributed by atoms with van der Waals surface area (Å²) in [6.45, 7) is 20.2. The Hall–Kier alpha value is -0.259. The summed E-state index contributed by atoms with van der Waals surface area (Å²) >= 11 is 0. The van der Waals surface area contributed by atoms with Crippen LogP contribution in [-0.4, -0.2) is 37.1 Å². The molecule has 0 aliphatic heterocycles. The normalized spacial score (nSPS) is 15.5. The number of hydrogen-bond donors (Lipinski definition) is 0. The summed E-state index contributed by atoms with van der Waals surface area (Å²) in [5, 5.41) is 0. The SMILES string of the molecule is [2H]C=C(C)C(=O)OC(O[Si](C)(C)C)(O[Si](C)(C)C)O[Si](C)(C)C. The van der Waals surface area contributed by atoms with Crippen LogP contribution in [-0.2, 0) is 22.8 Å². The van der Waals surface area contributed by atoms with Crippen molar-refractivity contribution in [2.75, 3.05) is 0 Å². The van der Waals surface area contributed by atoms with Gasteiger partial charge in [0.15, 0.2) is 25.0 Å². The van der Waals surface area contributed by atoms with Crippen LogP contribution in [0, 0.1) is 0 Å².